The van der Waals surface area contributed by atoms with Crippen LogP contribution >= 0.6 is 81.2 Å². The van der Waals surface area contributed by atoms with E-state index in [0.717, 1.165) is 0 Å². The smallest absolute Gasteiger partial charge is 0.191 e. The van der Waals surface area contributed by atoms with Crippen LogP contribution in [0.1, 0.15) is 0 Å². The summed E-state index contributed by atoms with van der Waals surface area (Å²) in [6.07, 6.45) is 0. The summed E-state index contributed by atoms with van der Waals surface area (Å²) in [5.74, 6) is 0.620. The summed E-state index contributed by atoms with van der Waals surface area (Å²) < 4.78 is 11.3. The van der Waals surface area contributed by atoms with Gasteiger partial charge in [0, 0.05) is 6.07 Å². The van der Waals surface area contributed by atoms with Crippen LogP contribution in [0.4, 0.5) is 0 Å². The van der Waals surface area contributed by atoms with E-state index in [1.165, 1.54) is 6.07 Å². The zero-order chi connectivity index (χ0) is 15.5. The molecule has 21 heavy (non-hydrogen) atoms. The average molecular weight is 437 g/mol. The molecule has 9 heteroatoms. The number of hydrogen-bond donors (Lipinski definition) is 0. The Morgan fingerprint density at radius 2 is 1.00 bits per heavy atom. The van der Waals surface area contributed by atoms with Crippen molar-refractivity contribution in [1.82, 2.24) is 0 Å². The molecule has 0 atom stereocenters. The SMILES string of the molecule is Cl[13c]1[13cH][13c]2[13c]([13c](Cl)[13c]1Cl)O[13c]1[13c](Cl)[13c](Cl)[13c](Cl)[13c](Cl)[13c]1O2. The Kier molecular flexibility index (Phi) is 4.26. The van der Waals surface area contributed by atoms with Crippen LogP contribution in [0.3, 0.4) is 0 Å². The van der Waals surface area contributed by atoms with Crippen LogP contribution in [-0.4, -0.2) is 0 Å². The van der Waals surface area contributed by atoms with Crippen molar-refractivity contribution < 1.29 is 9.47 Å². The first kappa shape index (κ1) is 15.9. The molecule has 0 unspecified atom stereocenters. The molecule has 0 amide bonds. The number of halogens is 7. The molecule has 0 N–H and O–H groups in total. The molecule has 1 aliphatic rings. The van der Waals surface area contributed by atoms with Gasteiger partial charge in [-0.2, -0.15) is 0 Å². The highest BCUT2D eigenvalue weighted by Gasteiger charge is 2.31. The second kappa shape index (κ2) is 5.61. The highest BCUT2D eigenvalue weighted by atomic mass is 35.5. The second-order valence-corrected chi connectivity index (χ2v) is 6.61. The number of rotatable bonds is 0. The first-order valence-corrected chi connectivity index (χ1v) is 7.86. The van der Waals surface area contributed by atoms with Crippen LogP contribution in [0, 0.1) is 0 Å². The van der Waals surface area contributed by atoms with E-state index in [0.29, 0.717) is 0 Å². The average Bonchev–Trinajstić information content (AvgIpc) is 2.47. The maximum Gasteiger partial charge on any atom is 0.191 e. The molecule has 2 aromatic carbocycles. The van der Waals surface area contributed by atoms with Gasteiger partial charge in [0.1, 0.15) is 15.1 Å². The zero-order valence-electron chi connectivity index (χ0n) is 9.54. The Morgan fingerprint density at radius 1 is 0.524 bits per heavy atom. The van der Waals surface area contributed by atoms with Crippen molar-refractivity contribution in [3.05, 3.63) is 41.2 Å². The molecule has 0 aliphatic carbocycles. The molecule has 1 aliphatic heterocycles. The summed E-state index contributed by atoms with van der Waals surface area (Å²) in [6, 6.07) is 1.45. The number of hydrogen-bond acceptors (Lipinski definition) is 2. The molecule has 0 saturated heterocycles. The molecule has 0 spiro atoms. The largest absolute Gasteiger partial charge is 0.448 e. The van der Waals surface area contributed by atoms with Crippen molar-refractivity contribution in [2.75, 3.05) is 0 Å². The fourth-order valence-electron chi connectivity index (χ4n) is 1.71. The van der Waals surface area contributed by atoms with Gasteiger partial charge in [-0.25, -0.2) is 0 Å². The Bertz CT molecular complexity index is 788. The van der Waals surface area contributed by atoms with Crippen molar-refractivity contribution in [1.29, 1.82) is 0 Å². The van der Waals surface area contributed by atoms with Crippen molar-refractivity contribution >= 4 is 81.2 Å². The molecule has 2 nitrogen and oxygen atoms in total. The molecule has 0 bridgehead atoms. The van der Waals surface area contributed by atoms with Gasteiger partial charge in [-0.15, -0.1) is 0 Å². The Balaban J connectivity index is 2.27. The van der Waals surface area contributed by atoms with Crippen LogP contribution in [-0.2, 0) is 0 Å². The lowest BCUT2D eigenvalue weighted by atomic mass is 11.2. The first-order valence-electron chi connectivity index (χ1n) is 5.22. The minimum atomic E-state index is 0.0466. The predicted octanol–water partition coefficient (Wildman–Crippen LogP) is 8.16. The molecule has 2 aromatic rings. The number of fused-ring (bicyclic) bond motifs is 2. The molecule has 3 rings (SSSR count). The fourth-order valence-corrected chi connectivity index (χ4v) is 3.22. The lowest BCUT2D eigenvalue weighted by Crippen LogP contribution is -2.02. The maximum atomic E-state index is 6.10. The quantitative estimate of drug-likeness (QED) is 0.261. The summed E-state index contributed by atoms with van der Waals surface area (Å²) in [6.45, 7) is 0. The molecule has 0 radical (unpaired) electrons. The predicted molar refractivity (Wildman–Crippen MR) is 88.1 cm³/mol. The van der Waals surface area contributed by atoms with Crippen molar-refractivity contribution in [2.45, 2.75) is 0 Å². The third-order valence-electron chi connectivity index (χ3n) is 2.68. The van der Waals surface area contributed by atoms with Gasteiger partial charge in [0.2, 0.25) is 0 Å². The van der Waals surface area contributed by atoms with Gasteiger partial charge in [-0.05, 0) is 0 Å². The molecular formula is C12HCl7O2. The number of ether oxygens (including phenoxy) is 2. The monoisotopic (exact) mass is 434 g/mol. The highest BCUT2D eigenvalue weighted by molar-refractivity contribution is 6.53. The van der Waals surface area contributed by atoms with Crippen LogP contribution in [0.5, 0.6) is 23.0 Å². The molecule has 1 heterocycles. The lowest BCUT2D eigenvalue weighted by Gasteiger charge is -2.24. The number of benzene rings is 2. The van der Waals surface area contributed by atoms with E-state index >= 15 is 0 Å². The van der Waals surface area contributed by atoms with Crippen LogP contribution in [0.2, 0.25) is 35.2 Å². The molecular weight excluding hydrogens is 436 g/mol. The minimum Gasteiger partial charge on any atom is -0.448 e. The Morgan fingerprint density at radius 3 is 1.57 bits per heavy atom. The van der Waals surface area contributed by atoms with Gasteiger partial charge in [-0.1, -0.05) is 81.2 Å². The summed E-state index contributed by atoms with van der Waals surface area (Å²) in [5.41, 5.74) is 0. The Hall–Kier alpha value is 0.0700. The highest BCUT2D eigenvalue weighted by Crippen LogP contribution is 2.59. The van der Waals surface area contributed by atoms with Crippen LogP contribution in [0.25, 0.3) is 0 Å². The van der Waals surface area contributed by atoms with Crippen LogP contribution in [0.15, 0.2) is 6.07 Å². The van der Waals surface area contributed by atoms with E-state index in [1.807, 2.05) is 0 Å². The first-order chi connectivity index (χ1) is 9.82. The standard InChI is InChI=1S/C12HCl7O2/c13-2-1-3-10(7(17)4(2)14)21-12-9(19)6(16)5(15)8(18)11(12)20-3/h1H/i1+1,2+1,3+1,4+1,5+1,6+1,7+1,8+1,9+1,10+1,11+1,12+1. The van der Waals surface area contributed by atoms with Gasteiger partial charge in [0.15, 0.2) is 23.0 Å². The van der Waals surface area contributed by atoms with Crippen molar-refractivity contribution in [2.24, 2.45) is 0 Å². The van der Waals surface area contributed by atoms with Crippen molar-refractivity contribution in [3.63, 3.8) is 0 Å². The van der Waals surface area contributed by atoms with E-state index in [-0.39, 0.29) is 58.2 Å². The summed E-state index contributed by atoms with van der Waals surface area (Å²) in [4.78, 5) is 0. The third kappa shape index (κ3) is 2.42. The topological polar surface area (TPSA) is 18.5 Å². The summed E-state index contributed by atoms with van der Waals surface area (Å²) in [5, 5.41) is 0.637. The minimum absolute atomic E-state index is 0.0466. The maximum absolute atomic E-state index is 6.10. The van der Waals surface area contributed by atoms with Crippen molar-refractivity contribution in [3.8, 4) is 23.0 Å². The van der Waals surface area contributed by atoms with E-state index in [1.54, 1.807) is 0 Å². The third-order valence-corrected chi connectivity index (χ3v) is 5.69. The molecule has 0 aromatic heterocycles. The van der Waals surface area contributed by atoms with Gasteiger partial charge < -0.3 is 9.47 Å². The van der Waals surface area contributed by atoms with Gasteiger partial charge in [0.25, 0.3) is 0 Å². The van der Waals surface area contributed by atoms with Crippen LogP contribution < -0.4 is 9.47 Å². The normalized spacial score (nSPS) is 12.3. The van der Waals surface area contributed by atoms with E-state index in [2.05, 4.69) is 0 Å². The summed E-state index contributed by atoms with van der Waals surface area (Å²) in [7, 11) is 0. The van der Waals surface area contributed by atoms with Gasteiger partial charge in [-0.3, -0.25) is 0 Å². The lowest BCUT2D eigenvalue weighted by molar-refractivity contribution is 0.360. The van der Waals surface area contributed by atoms with E-state index in [4.69, 9.17) is 90.7 Å². The van der Waals surface area contributed by atoms with Gasteiger partial charge >= 0.3 is 0 Å². The molecule has 110 valence electrons. The Labute approximate surface area is 154 Å². The summed E-state index contributed by atoms with van der Waals surface area (Å²) >= 11 is 42.1. The van der Waals surface area contributed by atoms with Gasteiger partial charge in [0.05, 0.1) is 20.1 Å². The zero-order valence-corrected chi connectivity index (χ0v) is 14.8. The molecule has 0 fully saturated rings. The second-order valence-electron chi connectivity index (χ2n) is 3.93. The fraction of sp³-hybridized carbons (Fsp3) is 0. The molecule has 0 saturated carbocycles. The van der Waals surface area contributed by atoms with E-state index in [9.17, 15) is 0 Å². The van der Waals surface area contributed by atoms with E-state index < -0.39 is 0 Å².